The van der Waals surface area contributed by atoms with Gasteiger partial charge in [-0.25, -0.2) is 0 Å². The van der Waals surface area contributed by atoms with Gasteiger partial charge in [0.2, 0.25) is 0 Å². The molecule has 1 aromatic carbocycles. The molecule has 0 unspecified atom stereocenters. The first-order chi connectivity index (χ1) is 7.26. The summed E-state index contributed by atoms with van der Waals surface area (Å²) in [5.74, 6) is 2.86. The van der Waals surface area contributed by atoms with E-state index >= 15 is 0 Å². The zero-order valence-corrected chi connectivity index (χ0v) is 8.82. The standard InChI is InChI=1S/C13H14O2/c1-3-5-6-13(14)15-12-9-7-11(4-2)8-10-12/h2,7-10H,3,5-6H2,1H3. The highest BCUT2D eigenvalue weighted by molar-refractivity contribution is 5.72. The van der Waals surface area contributed by atoms with Crippen LogP contribution < -0.4 is 4.74 Å². The minimum absolute atomic E-state index is 0.190. The first-order valence-corrected chi connectivity index (χ1v) is 5.03. The van der Waals surface area contributed by atoms with E-state index in [0.29, 0.717) is 12.2 Å². The van der Waals surface area contributed by atoms with Crippen molar-refractivity contribution in [1.29, 1.82) is 0 Å². The molecule has 1 rings (SSSR count). The van der Waals surface area contributed by atoms with E-state index in [2.05, 4.69) is 5.92 Å². The van der Waals surface area contributed by atoms with Gasteiger partial charge >= 0.3 is 5.97 Å². The number of terminal acetylenes is 1. The first-order valence-electron chi connectivity index (χ1n) is 5.03. The van der Waals surface area contributed by atoms with Gasteiger partial charge in [0.1, 0.15) is 5.75 Å². The highest BCUT2D eigenvalue weighted by Gasteiger charge is 2.03. The molecule has 2 heteroatoms. The lowest BCUT2D eigenvalue weighted by Gasteiger charge is -2.03. The predicted octanol–water partition coefficient (Wildman–Crippen LogP) is 2.76. The van der Waals surface area contributed by atoms with Gasteiger partial charge in [-0.3, -0.25) is 4.79 Å². The summed E-state index contributed by atoms with van der Waals surface area (Å²) in [5, 5.41) is 0. The molecule has 2 nitrogen and oxygen atoms in total. The van der Waals surface area contributed by atoms with E-state index in [1.165, 1.54) is 0 Å². The van der Waals surface area contributed by atoms with Crippen molar-refractivity contribution in [3.8, 4) is 18.1 Å². The van der Waals surface area contributed by atoms with Gasteiger partial charge in [-0.1, -0.05) is 19.3 Å². The third-order valence-corrected chi connectivity index (χ3v) is 1.99. The van der Waals surface area contributed by atoms with Gasteiger partial charge < -0.3 is 4.74 Å². The highest BCUT2D eigenvalue weighted by Crippen LogP contribution is 2.12. The van der Waals surface area contributed by atoms with E-state index < -0.39 is 0 Å². The molecule has 0 saturated heterocycles. The predicted molar refractivity (Wildman–Crippen MR) is 59.5 cm³/mol. The van der Waals surface area contributed by atoms with Crippen LogP contribution in [0.15, 0.2) is 24.3 Å². The molecule has 0 amide bonds. The lowest BCUT2D eigenvalue weighted by Crippen LogP contribution is -2.07. The average Bonchev–Trinajstić information content (AvgIpc) is 2.27. The highest BCUT2D eigenvalue weighted by atomic mass is 16.5. The molecular formula is C13H14O2. The molecule has 0 aliphatic rings. The van der Waals surface area contributed by atoms with Gasteiger partial charge in [0, 0.05) is 12.0 Å². The summed E-state index contributed by atoms with van der Waals surface area (Å²) < 4.78 is 5.11. The van der Waals surface area contributed by atoms with E-state index in [1.807, 2.05) is 6.92 Å². The Kier molecular flexibility index (Phi) is 4.43. The fourth-order valence-electron chi connectivity index (χ4n) is 1.12. The normalized spacial score (nSPS) is 9.33. The number of ether oxygens (including phenoxy) is 1. The molecule has 0 aliphatic heterocycles. The zero-order valence-electron chi connectivity index (χ0n) is 8.82. The summed E-state index contributed by atoms with van der Waals surface area (Å²) in [6.45, 7) is 2.04. The molecule has 0 atom stereocenters. The van der Waals surface area contributed by atoms with E-state index in [-0.39, 0.29) is 5.97 Å². The Balaban J connectivity index is 2.50. The Labute approximate surface area is 90.3 Å². The second-order valence-electron chi connectivity index (χ2n) is 3.25. The van der Waals surface area contributed by atoms with Crippen molar-refractivity contribution < 1.29 is 9.53 Å². The minimum atomic E-state index is -0.190. The van der Waals surface area contributed by atoms with Gasteiger partial charge in [-0.2, -0.15) is 0 Å². The Morgan fingerprint density at radius 3 is 2.60 bits per heavy atom. The summed E-state index contributed by atoms with van der Waals surface area (Å²) in [6.07, 6.45) is 7.53. The van der Waals surface area contributed by atoms with Crippen molar-refractivity contribution in [3.63, 3.8) is 0 Å². The maximum absolute atomic E-state index is 11.3. The average molecular weight is 202 g/mol. The molecule has 0 saturated carbocycles. The molecule has 0 radical (unpaired) electrons. The third-order valence-electron chi connectivity index (χ3n) is 1.99. The molecule has 78 valence electrons. The summed E-state index contributed by atoms with van der Waals surface area (Å²) in [5.41, 5.74) is 0.781. The summed E-state index contributed by atoms with van der Waals surface area (Å²) in [7, 11) is 0. The lowest BCUT2D eigenvalue weighted by molar-refractivity contribution is -0.134. The molecule has 0 heterocycles. The van der Waals surface area contributed by atoms with Crippen LogP contribution in [0.2, 0.25) is 0 Å². The van der Waals surface area contributed by atoms with Gasteiger partial charge in [0.15, 0.2) is 0 Å². The van der Waals surface area contributed by atoms with Crippen molar-refractivity contribution in [2.75, 3.05) is 0 Å². The summed E-state index contributed by atoms with van der Waals surface area (Å²) in [4.78, 5) is 11.3. The molecule has 0 aromatic heterocycles. The van der Waals surface area contributed by atoms with E-state index in [9.17, 15) is 4.79 Å². The molecular weight excluding hydrogens is 188 g/mol. The number of hydrogen-bond donors (Lipinski definition) is 0. The van der Waals surface area contributed by atoms with Crippen molar-refractivity contribution in [2.45, 2.75) is 26.2 Å². The topological polar surface area (TPSA) is 26.3 Å². The molecule has 0 fully saturated rings. The number of carbonyl (C=O) groups excluding carboxylic acids is 1. The van der Waals surface area contributed by atoms with E-state index in [1.54, 1.807) is 24.3 Å². The maximum Gasteiger partial charge on any atom is 0.311 e. The van der Waals surface area contributed by atoms with Crippen molar-refractivity contribution >= 4 is 5.97 Å². The number of benzene rings is 1. The molecule has 15 heavy (non-hydrogen) atoms. The quantitative estimate of drug-likeness (QED) is 0.426. The van der Waals surface area contributed by atoms with Gasteiger partial charge in [0.05, 0.1) is 0 Å². The molecule has 0 aliphatic carbocycles. The number of esters is 1. The monoisotopic (exact) mass is 202 g/mol. The van der Waals surface area contributed by atoms with Crippen LogP contribution in [-0.2, 0) is 4.79 Å². The molecule has 0 spiro atoms. The summed E-state index contributed by atoms with van der Waals surface area (Å²) in [6, 6.07) is 6.92. The van der Waals surface area contributed by atoms with Crippen molar-refractivity contribution in [1.82, 2.24) is 0 Å². The molecule has 0 N–H and O–H groups in total. The van der Waals surface area contributed by atoms with E-state index in [4.69, 9.17) is 11.2 Å². The number of unbranched alkanes of at least 4 members (excludes halogenated alkanes) is 1. The first kappa shape index (κ1) is 11.3. The van der Waals surface area contributed by atoms with Gasteiger partial charge in [-0.15, -0.1) is 6.42 Å². The number of carbonyl (C=O) groups is 1. The fourth-order valence-corrected chi connectivity index (χ4v) is 1.12. The second-order valence-corrected chi connectivity index (χ2v) is 3.25. The van der Waals surface area contributed by atoms with Gasteiger partial charge in [0.25, 0.3) is 0 Å². The second kappa shape index (κ2) is 5.87. The van der Waals surface area contributed by atoms with Crippen LogP contribution in [0.3, 0.4) is 0 Å². The minimum Gasteiger partial charge on any atom is -0.427 e. The molecule has 0 bridgehead atoms. The van der Waals surface area contributed by atoms with E-state index in [0.717, 1.165) is 18.4 Å². The lowest BCUT2D eigenvalue weighted by atomic mass is 10.2. The number of rotatable bonds is 4. The zero-order chi connectivity index (χ0) is 11.1. The van der Waals surface area contributed by atoms with Crippen LogP contribution >= 0.6 is 0 Å². The largest absolute Gasteiger partial charge is 0.427 e. The van der Waals surface area contributed by atoms with Crippen LogP contribution in [0.1, 0.15) is 31.7 Å². The number of hydrogen-bond acceptors (Lipinski definition) is 2. The molecule has 1 aromatic rings. The fraction of sp³-hybridized carbons (Fsp3) is 0.308. The Hall–Kier alpha value is -1.75. The Morgan fingerprint density at radius 1 is 1.40 bits per heavy atom. The Bertz CT molecular complexity index is 357. The van der Waals surface area contributed by atoms with Crippen LogP contribution in [0, 0.1) is 12.3 Å². The SMILES string of the molecule is C#Cc1ccc(OC(=O)CCCC)cc1. The van der Waals surface area contributed by atoms with Crippen LogP contribution in [-0.4, -0.2) is 5.97 Å². The third kappa shape index (κ3) is 3.86. The smallest absolute Gasteiger partial charge is 0.311 e. The Morgan fingerprint density at radius 2 is 2.07 bits per heavy atom. The van der Waals surface area contributed by atoms with Crippen molar-refractivity contribution in [3.05, 3.63) is 29.8 Å². The van der Waals surface area contributed by atoms with Crippen LogP contribution in [0.4, 0.5) is 0 Å². The van der Waals surface area contributed by atoms with Crippen LogP contribution in [0.5, 0.6) is 5.75 Å². The van der Waals surface area contributed by atoms with Crippen LogP contribution in [0.25, 0.3) is 0 Å². The summed E-state index contributed by atoms with van der Waals surface area (Å²) >= 11 is 0. The van der Waals surface area contributed by atoms with Gasteiger partial charge in [-0.05, 0) is 30.7 Å². The van der Waals surface area contributed by atoms with Crippen molar-refractivity contribution in [2.24, 2.45) is 0 Å². The maximum atomic E-state index is 11.3.